The highest BCUT2D eigenvalue weighted by atomic mass is 35.5. The number of terminal acetylenes is 2. The number of aliphatic hydroxyl groups excluding tert-OH is 1. The summed E-state index contributed by atoms with van der Waals surface area (Å²) in [5, 5.41) is 7.81. The molecule has 0 bridgehead atoms. The predicted octanol–water partition coefficient (Wildman–Crippen LogP) is 10.3. The Labute approximate surface area is 535 Å². The lowest BCUT2D eigenvalue weighted by Gasteiger charge is -2.32. The molecule has 462 valence electrons. The number of carbonyl (C=O) groups is 4. The maximum absolute atomic E-state index is 15.4. The van der Waals surface area contributed by atoms with Crippen LogP contribution in [0.4, 0.5) is 20.2 Å². The van der Waals surface area contributed by atoms with Crippen LogP contribution in [-0.4, -0.2) is 96.0 Å². The highest BCUT2D eigenvalue weighted by Gasteiger charge is 2.37. The van der Waals surface area contributed by atoms with E-state index in [2.05, 4.69) is 34.4 Å². The Morgan fingerprint density at radius 1 is 0.578 bits per heavy atom. The van der Waals surface area contributed by atoms with Gasteiger partial charge in [-0.3, -0.25) is 56.2 Å². The normalized spacial score (nSPS) is 11.9. The number of para-hydroxylation sites is 2. The van der Waals surface area contributed by atoms with E-state index in [0.717, 1.165) is 12.0 Å². The highest BCUT2D eigenvalue weighted by molar-refractivity contribution is 6.32. The summed E-state index contributed by atoms with van der Waals surface area (Å²) < 4.78 is 32.7. The molecule has 0 radical (unpaired) electrons. The Hall–Kier alpha value is -9.52. The molecule has 0 aliphatic carbocycles. The molecule has 2 atom stereocenters. The third-order valence-corrected chi connectivity index (χ3v) is 14.9. The number of nitrogens with one attached hydrogen (secondary N) is 2. The van der Waals surface area contributed by atoms with Gasteiger partial charge < -0.3 is 20.6 Å². The molecule has 0 fully saturated rings. The van der Waals surface area contributed by atoms with E-state index in [1.807, 2.05) is 12.1 Å². The molecule has 4 amide bonds. The second-order valence-corrected chi connectivity index (χ2v) is 21.0. The van der Waals surface area contributed by atoms with Gasteiger partial charge in [0.15, 0.2) is 23.3 Å². The van der Waals surface area contributed by atoms with Crippen LogP contribution >= 0.6 is 46.4 Å². The predicted molar refractivity (Wildman–Crippen MR) is 347 cm³/mol. The number of hydrogen-bond acceptors (Lipinski definition) is 14. The van der Waals surface area contributed by atoms with Crippen molar-refractivity contribution >= 4 is 103 Å². The molecule has 0 spiro atoms. The van der Waals surface area contributed by atoms with Crippen molar-refractivity contribution in [1.29, 1.82) is 0 Å². The van der Waals surface area contributed by atoms with Gasteiger partial charge in [0.2, 0.25) is 0 Å². The largest absolute Gasteiger partial charge is 0.400 e. The molecule has 2 aromatic heterocycles. The van der Waals surface area contributed by atoms with E-state index < -0.39 is 58.5 Å². The quantitative estimate of drug-likeness (QED) is 0.0190. The lowest BCUT2D eigenvalue weighted by atomic mass is 10.1. The van der Waals surface area contributed by atoms with E-state index in [4.69, 9.17) is 80.1 Å². The van der Waals surface area contributed by atoms with Gasteiger partial charge in [0.05, 0.1) is 65.5 Å². The molecule has 19 nitrogen and oxygen atoms in total. The Morgan fingerprint density at radius 2 is 0.967 bits per heavy atom. The van der Waals surface area contributed by atoms with Crippen molar-refractivity contribution in [3.63, 3.8) is 0 Å². The number of amides is 4. The molecule has 1 aliphatic heterocycles. The van der Waals surface area contributed by atoms with Crippen LogP contribution in [0, 0.1) is 36.3 Å². The molecule has 0 unspecified atom stereocenters. The number of imide groups is 1. The van der Waals surface area contributed by atoms with Crippen molar-refractivity contribution in [2.45, 2.75) is 37.8 Å². The van der Waals surface area contributed by atoms with Crippen molar-refractivity contribution in [3.05, 3.63) is 244 Å². The zero-order valence-electron chi connectivity index (χ0n) is 48.0. The van der Waals surface area contributed by atoms with Crippen molar-refractivity contribution in [2.75, 3.05) is 44.1 Å². The molecule has 3 heterocycles. The third kappa shape index (κ3) is 15.3. The number of rotatable bonds is 19. The van der Waals surface area contributed by atoms with E-state index in [1.54, 1.807) is 103 Å². The SMILES string of the molecule is C#CC[C@H](c1nc2cc(Cl)ccc2c(=O)n1Nc1ccccc1)N(CCCN)C(=O)c1cccc(Cl)c1F.C#CC[C@H](c1nc2cc(Cl)ccc2c(=O)n1Nc1ccccc1)N(CCCN1C(=O)c2ccccc2C1=O)C(=O)c1cccc(Cl)c1F.CO.NN. The van der Waals surface area contributed by atoms with Gasteiger partial charge in [0.25, 0.3) is 34.7 Å². The number of aromatic nitrogens is 4. The second kappa shape index (κ2) is 32.1. The molecule has 90 heavy (non-hydrogen) atoms. The summed E-state index contributed by atoms with van der Waals surface area (Å²) in [5.41, 5.74) is 12.7. The third-order valence-electron chi connectivity index (χ3n) is 13.9. The van der Waals surface area contributed by atoms with Gasteiger partial charge in [-0.1, -0.05) is 107 Å². The summed E-state index contributed by atoms with van der Waals surface area (Å²) >= 11 is 24.5. The minimum Gasteiger partial charge on any atom is -0.400 e. The molecule has 0 saturated carbocycles. The van der Waals surface area contributed by atoms with Crippen LogP contribution in [-0.2, 0) is 0 Å². The van der Waals surface area contributed by atoms with Crippen molar-refractivity contribution in [3.8, 4) is 24.7 Å². The van der Waals surface area contributed by atoms with Crippen molar-refractivity contribution in [2.24, 2.45) is 17.4 Å². The number of hydrogen-bond donors (Lipinski definition) is 6. The first-order valence-electron chi connectivity index (χ1n) is 27.4. The van der Waals surface area contributed by atoms with E-state index in [-0.39, 0.29) is 100 Å². The van der Waals surface area contributed by atoms with Crippen LogP contribution in [0.3, 0.4) is 0 Å². The molecule has 25 heteroatoms. The first kappa shape index (κ1) is 68.0. The van der Waals surface area contributed by atoms with Crippen LogP contribution in [0.25, 0.3) is 21.8 Å². The maximum atomic E-state index is 15.4. The summed E-state index contributed by atoms with van der Waals surface area (Å²) in [5.74, 6) is 9.19. The van der Waals surface area contributed by atoms with Crippen molar-refractivity contribution in [1.82, 2.24) is 34.0 Å². The molecule has 1 aliphatic rings. The first-order chi connectivity index (χ1) is 43.5. The summed E-state index contributed by atoms with van der Waals surface area (Å²) in [7, 11) is 1.00. The number of anilines is 2. The number of carbonyl (C=O) groups excluding carboxylic acids is 4. The fourth-order valence-corrected chi connectivity index (χ4v) is 10.4. The summed E-state index contributed by atoms with van der Waals surface area (Å²) in [6.07, 6.45) is 11.9. The molecular formula is C65H58Cl4F2N12O7. The number of nitrogens with zero attached hydrogens (tertiary/aromatic N) is 7. The minimum absolute atomic E-state index is 0.0204. The summed E-state index contributed by atoms with van der Waals surface area (Å²) in [4.78, 5) is 95.1. The highest BCUT2D eigenvalue weighted by Crippen LogP contribution is 2.32. The standard InChI is InChI=1S/C36H26Cl2FN5O4.C28H24Cl2FN5O2.CH4O.H4N2/c1-2-10-30(32-40-29-21-22(37)17-18-26(29)36(48)44(32)41-23-11-4-3-5-12-23)42(35(47)27-15-8-16-28(38)31(27)39)19-9-20-43-33(45)24-13-6-7-14-25(24)34(43)46;1-2-8-24(35(16-7-15-32)27(37)21-11-6-12-22(30)25(21)31)26-33-23-17-18(29)13-14-20(23)28(38)36(26)34-19-9-4-3-5-10-19;2*1-2/h1,3-8,11-18,21,30,41H,9-10,19-20H2;1,3-6,9-14,17,24,34H,7-8,15-16,32H2;2H,1H3;1-2H2/t30-;24-;;/m11../s1. The van der Waals surface area contributed by atoms with Crippen LogP contribution in [0.15, 0.2) is 167 Å². The Balaban J connectivity index is 0.000000249. The van der Waals surface area contributed by atoms with Crippen molar-refractivity contribution < 1.29 is 33.1 Å². The van der Waals surface area contributed by atoms with Crippen LogP contribution in [0.2, 0.25) is 20.1 Å². The van der Waals surface area contributed by atoms with Crippen LogP contribution < -0.4 is 39.4 Å². The van der Waals surface area contributed by atoms with E-state index >= 15 is 4.39 Å². The number of hydrazine groups is 1. The van der Waals surface area contributed by atoms with Gasteiger partial charge >= 0.3 is 0 Å². The van der Waals surface area contributed by atoms with E-state index in [0.29, 0.717) is 38.7 Å². The number of fused-ring (bicyclic) bond motifs is 3. The first-order valence-corrected chi connectivity index (χ1v) is 28.9. The topological polar surface area (TPSA) is 270 Å². The minimum atomic E-state index is -1.10. The van der Waals surface area contributed by atoms with Gasteiger partial charge in [-0.05, 0) is 116 Å². The molecule has 10 rings (SSSR count). The summed E-state index contributed by atoms with van der Waals surface area (Å²) in [6.45, 7) is 0.231. The van der Waals surface area contributed by atoms with E-state index in [9.17, 15) is 33.2 Å². The Morgan fingerprint density at radius 3 is 1.36 bits per heavy atom. The zero-order chi connectivity index (χ0) is 65.2. The van der Waals surface area contributed by atoms with Gasteiger partial charge in [0, 0.05) is 49.6 Å². The van der Waals surface area contributed by atoms with E-state index in [1.165, 1.54) is 61.6 Å². The maximum Gasteiger partial charge on any atom is 0.280 e. The second-order valence-electron chi connectivity index (χ2n) is 19.4. The number of aliphatic hydroxyl groups is 1. The van der Waals surface area contributed by atoms with Crippen LogP contribution in [0.1, 0.15) is 90.8 Å². The number of halogens is 6. The molecule has 9 N–H and O–H groups in total. The van der Waals surface area contributed by atoms with Gasteiger partial charge in [-0.15, -0.1) is 24.7 Å². The zero-order valence-corrected chi connectivity index (χ0v) is 51.0. The molecule has 7 aromatic carbocycles. The lowest BCUT2D eigenvalue weighted by molar-refractivity contribution is 0.0611. The molecular weight excluding hydrogens is 1240 g/mol. The Kier molecular flexibility index (Phi) is 24.3. The monoisotopic (exact) mass is 1300 g/mol. The van der Waals surface area contributed by atoms with Gasteiger partial charge in [-0.2, -0.15) is 0 Å². The number of nitrogens with two attached hydrogens (primary N) is 3. The molecule has 0 saturated heterocycles. The summed E-state index contributed by atoms with van der Waals surface area (Å²) in [6, 6.07) is 39.9. The average molecular weight is 1300 g/mol. The lowest BCUT2D eigenvalue weighted by Crippen LogP contribution is -2.42. The van der Waals surface area contributed by atoms with Crippen LogP contribution in [0.5, 0.6) is 0 Å². The van der Waals surface area contributed by atoms with Gasteiger partial charge in [0.1, 0.15) is 12.1 Å². The smallest absolute Gasteiger partial charge is 0.280 e. The average Bonchev–Trinajstić information content (AvgIpc) is 1.01. The Bertz CT molecular complexity index is 4270. The fourth-order valence-electron chi connectivity index (χ4n) is 9.75. The van der Waals surface area contributed by atoms with Gasteiger partial charge in [-0.25, -0.2) is 28.1 Å². The number of benzene rings is 7. The molecule has 9 aromatic rings. The fraction of sp³-hybridized carbons (Fsp3) is 0.169.